The second-order valence-corrected chi connectivity index (χ2v) is 6.04. The Morgan fingerprint density at radius 3 is 2.71 bits per heavy atom. The molecule has 0 aliphatic heterocycles. The van der Waals surface area contributed by atoms with Crippen LogP contribution in [0.5, 0.6) is 0 Å². The van der Waals surface area contributed by atoms with Gasteiger partial charge >= 0.3 is 0 Å². The highest BCUT2D eigenvalue weighted by Gasteiger charge is 2.36. The van der Waals surface area contributed by atoms with Gasteiger partial charge in [-0.25, -0.2) is 0 Å². The fraction of sp³-hybridized carbons (Fsp3) is 0.846. The molecule has 1 fully saturated rings. The van der Waals surface area contributed by atoms with E-state index >= 15 is 0 Å². The normalized spacial score (nSPS) is 29.8. The van der Waals surface area contributed by atoms with Crippen LogP contribution in [0, 0.1) is 11.8 Å². The lowest BCUT2D eigenvalue weighted by Gasteiger charge is -2.35. The van der Waals surface area contributed by atoms with Crippen molar-refractivity contribution in [3.8, 4) is 0 Å². The van der Waals surface area contributed by atoms with Gasteiger partial charge in [0.15, 0.2) is 5.82 Å². The summed E-state index contributed by atoms with van der Waals surface area (Å²) in [6.45, 7) is 7.67. The van der Waals surface area contributed by atoms with Crippen LogP contribution in [-0.4, -0.2) is 14.8 Å². The van der Waals surface area contributed by atoms with Crippen molar-refractivity contribution in [2.45, 2.75) is 58.5 Å². The Bertz CT molecular complexity index is 361. The van der Waals surface area contributed by atoms with E-state index in [1.807, 2.05) is 6.33 Å². The van der Waals surface area contributed by atoms with Crippen molar-refractivity contribution in [1.82, 2.24) is 14.8 Å². The molecule has 0 atom stereocenters. The van der Waals surface area contributed by atoms with Crippen LogP contribution < -0.4 is 5.73 Å². The van der Waals surface area contributed by atoms with Crippen LogP contribution in [0.3, 0.4) is 0 Å². The third-order valence-corrected chi connectivity index (χ3v) is 3.79. The number of hydrogen-bond acceptors (Lipinski definition) is 3. The fourth-order valence-corrected chi connectivity index (χ4v) is 2.67. The van der Waals surface area contributed by atoms with Gasteiger partial charge in [0.05, 0.1) is 5.54 Å². The van der Waals surface area contributed by atoms with E-state index in [4.69, 9.17) is 5.73 Å². The summed E-state index contributed by atoms with van der Waals surface area (Å²) in [6, 6.07) is 0. The van der Waals surface area contributed by atoms with Crippen molar-refractivity contribution < 1.29 is 0 Å². The Morgan fingerprint density at radius 2 is 2.12 bits per heavy atom. The molecule has 1 aromatic rings. The quantitative estimate of drug-likeness (QED) is 0.876. The van der Waals surface area contributed by atoms with E-state index in [0.29, 0.717) is 5.92 Å². The van der Waals surface area contributed by atoms with Crippen LogP contribution in [0.1, 0.15) is 52.3 Å². The maximum absolute atomic E-state index is 6.54. The smallest absolute Gasteiger partial charge is 0.152 e. The van der Waals surface area contributed by atoms with Crippen molar-refractivity contribution >= 4 is 0 Å². The van der Waals surface area contributed by atoms with Crippen molar-refractivity contribution in [1.29, 1.82) is 0 Å². The maximum Gasteiger partial charge on any atom is 0.152 e. The summed E-state index contributed by atoms with van der Waals surface area (Å²) in [5.41, 5.74) is 6.29. The fourth-order valence-electron chi connectivity index (χ4n) is 2.67. The third kappa shape index (κ3) is 2.68. The van der Waals surface area contributed by atoms with Gasteiger partial charge in [-0.05, 0) is 37.5 Å². The molecule has 96 valence electrons. The van der Waals surface area contributed by atoms with E-state index < -0.39 is 0 Å². The van der Waals surface area contributed by atoms with Gasteiger partial charge in [0.2, 0.25) is 0 Å². The Morgan fingerprint density at radius 1 is 1.47 bits per heavy atom. The largest absolute Gasteiger partial charge is 0.319 e. The molecule has 4 heteroatoms. The monoisotopic (exact) mass is 236 g/mol. The van der Waals surface area contributed by atoms with Gasteiger partial charge in [-0.2, -0.15) is 0 Å². The first-order valence-corrected chi connectivity index (χ1v) is 6.68. The third-order valence-electron chi connectivity index (χ3n) is 3.79. The van der Waals surface area contributed by atoms with Gasteiger partial charge < -0.3 is 10.3 Å². The van der Waals surface area contributed by atoms with E-state index in [2.05, 4.69) is 35.5 Å². The molecule has 0 amide bonds. The molecule has 0 spiro atoms. The molecule has 0 radical (unpaired) electrons. The predicted molar refractivity (Wildman–Crippen MR) is 68.4 cm³/mol. The zero-order valence-corrected chi connectivity index (χ0v) is 11.2. The molecule has 2 N–H and O–H groups in total. The standard InChI is InChI=1S/C13H24N4/c1-10(2)8-17-9-15-16-12(17)13(14)6-4-11(3)5-7-13/h9-11H,4-8,14H2,1-3H3. The average Bonchev–Trinajstić information content (AvgIpc) is 2.70. The van der Waals surface area contributed by atoms with E-state index in [1.165, 1.54) is 12.8 Å². The molecule has 0 aromatic carbocycles. The lowest BCUT2D eigenvalue weighted by Crippen LogP contribution is -2.42. The molecule has 1 heterocycles. The molecular weight excluding hydrogens is 212 g/mol. The minimum atomic E-state index is -0.252. The first kappa shape index (κ1) is 12.6. The summed E-state index contributed by atoms with van der Waals surface area (Å²) in [4.78, 5) is 0. The van der Waals surface area contributed by atoms with E-state index in [0.717, 1.165) is 31.1 Å². The van der Waals surface area contributed by atoms with Crippen molar-refractivity contribution in [3.05, 3.63) is 12.2 Å². The Hall–Kier alpha value is -0.900. The molecular formula is C13H24N4. The van der Waals surface area contributed by atoms with E-state index in [9.17, 15) is 0 Å². The highest BCUT2D eigenvalue weighted by molar-refractivity contribution is 5.07. The number of aromatic nitrogens is 3. The summed E-state index contributed by atoms with van der Waals surface area (Å²) in [6.07, 6.45) is 6.29. The summed E-state index contributed by atoms with van der Waals surface area (Å²) >= 11 is 0. The molecule has 0 unspecified atom stereocenters. The minimum absolute atomic E-state index is 0.252. The van der Waals surface area contributed by atoms with Gasteiger partial charge in [-0.15, -0.1) is 10.2 Å². The first-order chi connectivity index (χ1) is 8.01. The van der Waals surface area contributed by atoms with Crippen molar-refractivity contribution in [3.63, 3.8) is 0 Å². The van der Waals surface area contributed by atoms with Crippen LogP contribution in [-0.2, 0) is 12.1 Å². The summed E-state index contributed by atoms with van der Waals surface area (Å²) in [5.74, 6) is 2.38. The maximum atomic E-state index is 6.54. The lowest BCUT2D eigenvalue weighted by molar-refractivity contribution is 0.228. The van der Waals surface area contributed by atoms with Gasteiger partial charge in [-0.3, -0.25) is 0 Å². The Kier molecular flexibility index (Phi) is 3.52. The number of hydrogen-bond donors (Lipinski definition) is 1. The zero-order valence-electron chi connectivity index (χ0n) is 11.2. The molecule has 17 heavy (non-hydrogen) atoms. The average molecular weight is 236 g/mol. The van der Waals surface area contributed by atoms with Crippen LogP contribution in [0.25, 0.3) is 0 Å². The predicted octanol–water partition coefficient (Wildman–Crippen LogP) is 2.30. The zero-order chi connectivity index (χ0) is 12.5. The molecule has 0 saturated heterocycles. The molecule has 2 rings (SSSR count). The van der Waals surface area contributed by atoms with Crippen LogP contribution in [0.15, 0.2) is 6.33 Å². The molecule has 0 bridgehead atoms. The molecule has 1 aliphatic rings. The van der Waals surface area contributed by atoms with Crippen LogP contribution >= 0.6 is 0 Å². The lowest BCUT2D eigenvalue weighted by atomic mass is 9.77. The molecule has 1 aliphatic carbocycles. The van der Waals surface area contributed by atoms with Gasteiger partial charge in [0.25, 0.3) is 0 Å². The molecule has 1 aromatic heterocycles. The van der Waals surface area contributed by atoms with Crippen molar-refractivity contribution in [2.75, 3.05) is 0 Å². The van der Waals surface area contributed by atoms with Crippen molar-refractivity contribution in [2.24, 2.45) is 17.6 Å². The number of nitrogens with two attached hydrogens (primary N) is 1. The topological polar surface area (TPSA) is 56.7 Å². The Labute approximate surface area is 104 Å². The van der Waals surface area contributed by atoms with Crippen LogP contribution in [0.2, 0.25) is 0 Å². The van der Waals surface area contributed by atoms with E-state index in [1.54, 1.807) is 0 Å². The van der Waals surface area contributed by atoms with Crippen LogP contribution in [0.4, 0.5) is 0 Å². The number of rotatable bonds is 3. The SMILES string of the molecule is CC(C)Cn1cnnc1C1(N)CCC(C)CC1. The second kappa shape index (κ2) is 4.77. The first-order valence-electron chi connectivity index (χ1n) is 6.68. The minimum Gasteiger partial charge on any atom is -0.319 e. The molecule has 1 saturated carbocycles. The summed E-state index contributed by atoms with van der Waals surface area (Å²) in [7, 11) is 0. The van der Waals surface area contributed by atoms with Gasteiger partial charge in [0, 0.05) is 6.54 Å². The van der Waals surface area contributed by atoms with Gasteiger partial charge in [-0.1, -0.05) is 20.8 Å². The second-order valence-electron chi connectivity index (χ2n) is 6.04. The number of nitrogens with zero attached hydrogens (tertiary/aromatic N) is 3. The highest BCUT2D eigenvalue weighted by atomic mass is 15.3. The Balaban J connectivity index is 2.18. The van der Waals surface area contributed by atoms with E-state index in [-0.39, 0.29) is 5.54 Å². The highest BCUT2D eigenvalue weighted by Crippen LogP contribution is 2.36. The molecule has 4 nitrogen and oxygen atoms in total. The van der Waals surface area contributed by atoms with Gasteiger partial charge in [0.1, 0.15) is 6.33 Å². The summed E-state index contributed by atoms with van der Waals surface area (Å²) < 4.78 is 2.14. The summed E-state index contributed by atoms with van der Waals surface area (Å²) in [5, 5.41) is 8.33.